The van der Waals surface area contributed by atoms with Gasteiger partial charge in [0, 0.05) is 43.4 Å². The van der Waals surface area contributed by atoms with Crippen molar-refractivity contribution in [2.45, 2.75) is 32.7 Å². The molecule has 1 N–H and O–H groups in total. The van der Waals surface area contributed by atoms with E-state index in [1.807, 2.05) is 54.9 Å². The van der Waals surface area contributed by atoms with Crippen LogP contribution in [0.3, 0.4) is 0 Å². The van der Waals surface area contributed by atoms with Gasteiger partial charge in [0.05, 0.1) is 29.8 Å². The van der Waals surface area contributed by atoms with Gasteiger partial charge in [-0.25, -0.2) is 4.98 Å². The summed E-state index contributed by atoms with van der Waals surface area (Å²) in [5, 5.41) is 4.46. The van der Waals surface area contributed by atoms with Gasteiger partial charge < -0.3 is 9.88 Å². The van der Waals surface area contributed by atoms with Gasteiger partial charge in [0.15, 0.2) is 0 Å². The number of likely N-dealkylation sites (tertiary alicyclic amines) is 1. The van der Waals surface area contributed by atoms with Gasteiger partial charge in [-0.05, 0) is 26.0 Å². The van der Waals surface area contributed by atoms with E-state index in [1.54, 1.807) is 6.20 Å². The van der Waals surface area contributed by atoms with Crippen molar-refractivity contribution in [1.82, 2.24) is 29.6 Å². The summed E-state index contributed by atoms with van der Waals surface area (Å²) in [5.41, 5.74) is 5.01. The highest BCUT2D eigenvalue weighted by Crippen LogP contribution is 2.30. The monoisotopic (exact) mass is 350 g/mol. The van der Waals surface area contributed by atoms with E-state index < -0.39 is 0 Å². The standard InChI is InChI=1S/C19H22N6O/c1-12-18(13(2)24(3)23-12)16-9-21-19(22-16)14-8-17(26)25(10-14)11-15-6-4-5-7-20-15/h4-7,9,14H,8,10-11H2,1-3H3,(H,21,22)/t14-/m1/s1. The first kappa shape index (κ1) is 16.5. The molecule has 0 saturated carbocycles. The molecule has 0 aliphatic carbocycles. The third-order valence-corrected chi connectivity index (χ3v) is 5.05. The number of hydrogen-bond acceptors (Lipinski definition) is 4. The molecule has 0 spiro atoms. The smallest absolute Gasteiger partial charge is 0.223 e. The maximum Gasteiger partial charge on any atom is 0.223 e. The van der Waals surface area contributed by atoms with Gasteiger partial charge in [-0.15, -0.1) is 0 Å². The Morgan fingerprint density at radius 3 is 2.81 bits per heavy atom. The molecule has 7 nitrogen and oxygen atoms in total. The second-order valence-electron chi connectivity index (χ2n) is 6.85. The Labute approximate surface area is 152 Å². The number of aromatic nitrogens is 5. The van der Waals surface area contributed by atoms with E-state index in [2.05, 4.69) is 20.1 Å². The summed E-state index contributed by atoms with van der Waals surface area (Å²) in [5.74, 6) is 1.09. The first-order chi connectivity index (χ1) is 12.5. The molecule has 7 heteroatoms. The van der Waals surface area contributed by atoms with Crippen LogP contribution in [-0.2, 0) is 18.4 Å². The van der Waals surface area contributed by atoms with Gasteiger partial charge in [-0.3, -0.25) is 14.5 Å². The van der Waals surface area contributed by atoms with Crippen molar-refractivity contribution in [3.63, 3.8) is 0 Å². The molecule has 3 aromatic heterocycles. The third kappa shape index (κ3) is 2.89. The van der Waals surface area contributed by atoms with Crippen LogP contribution in [0.15, 0.2) is 30.6 Å². The predicted molar refractivity (Wildman–Crippen MR) is 97.3 cm³/mol. The number of nitrogens with one attached hydrogen (secondary N) is 1. The molecule has 0 bridgehead atoms. The SMILES string of the molecule is Cc1nn(C)c(C)c1-c1cnc([C@@H]2CC(=O)N(Cc3ccccn3)C2)[nH]1. The molecule has 0 radical (unpaired) electrons. The lowest BCUT2D eigenvalue weighted by Crippen LogP contribution is -2.24. The fourth-order valence-corrected chi connectivity index (χ4v) is 3.63. The number of rotatable bonds is 4. The normalized spacial score (nSPS) is 17.3. The average molecular weight is 350 g/mol. The number of carbonyl (C=O) groups excluding carboxylic acids is 1. The molecule has 1 atom stereocenters. The second-order valence-corrected chi connectivity index (χ2v) is 6.85. The van der Waals surface area contributed by atoms with Crippen molar-refractivity contribution >= 4 is 5.91 Å². The van der Waals surface area contributed by atoms with Gasteiger partial charge in [-0.1, -0.05) is 6.07 Å². The van der Waals surface area contributed by atoms with Crippen molar-refractivity contribution in [3.8, 4) is 11.3 Å². The summed E-state index contributed by atoms with van der Waals surface area (Å²) in [6.45, 7) is 5.25. The van der Waals surface area contributed by atoms with Crippen LogP contribution < -0.4 is 0 Å². The lowest BCUT2D eigenvalue weighted by molar-refractivity contribution is -0.128. The number of amides is 1. The zero-order valence-electron chi connectivity index (χ0n) is 15.2. The molecule has 4 rings (SSSR count). The van der Waals surface area contributed by atoms with E-state index in [0.717, 1.165) is 34.2 Å². The summed E-state index contributed by atoms with van der Waals surface area (Å²) < 4.78 is 1.87. The molecule has 1 amide bonds. The van der Waals surface area contributed by atoms with Crippen molar-refractivity contribution in [3.05, 3.63) is 53.5 Å². The van der Waals surface area contributed by atoms with Gasteiger partial charge >= 0.3 is 0 Å². The van der Waals surface area contributed by atoms with E-state index in [-0.39, 0.29) is 11.8 Å². The van der Waals surface area contributed by atoms with Crippen LogP contribution in [-0.4, -0.2) is 42.1 Å². The summed E-state index contributed by atoms with van der Waals surface area (Å²) in [7, 11) is 1.94. The number of aromatic amines is 1. The highest BCUT2D eigenvalue weighted by atomic mass is 16.2. The minimum Gasteiger partial charge on any atom is -0.342 e. The van der Waals surface area contributed by atoms with Gasteiger partial charge in [0.2, 0.25) is 5.91 Å². The number of pyridine rings is 1. The van der Waals surface area contributed by atoms with E-state index in [0.29, 0.717) is 19.5 Å². The van der Waals surface area contributed by atoms with Crippen molar-refractivity contribution < 1.29 is 4.79 Å². The zero-order chi connectivity index (χ0) is 18.3. The Morgan fingerprint density at radius 1 is 1.27 bits per heavy atom. The lowest BCUT2D eigenvalue weighted by Gasteiger charge is -2.15. The molecule has 1 fully saturated rings. The number of nitrogens with zero attached hydrogens (tertiary/aromatic N) is 5. The molecule has 0 unspecified atom stereocenters. The van der Waals surface area contributed by atoms with Crippen molar-refractivity contribution in [1.29, 1.82) is 0 Å². The summed E-state index contributed by atoms with van der Waals surface area (Å²) in [4.78, 5) is 26.5. The quantitative estimate of drug-likeness (QED) is 0.783. The lowest BCUT2D eigenvalue weighted by atomic mass is 10.1. The molecule has 0 aromatic carbocycles. The molecule has 1 aliphatic heterocycles. The first-order valence-electron chi connectivity index (χ1n) is 8.76. The Bertz CT molecular complexity index is 942. The Kier molecular flexibility index (Phi) is 4.06. The second kappa shape index (κ2) is 6.40. The van der Waals surface area contributed by atoms with Gasteiger partial charge in [-0.2, -0.15) is 5.10 Å². The van der Waals surface area contributed by atoms with E-state index in [1.165, 1.54) is 0 Å². The fourth-order valence-electron chi connectivity index (χ4n) is 3.63. The molecule has 4 heterocycles. The van der Waals surface area contributed by atoms with Crippen LogP contribution in [0.2, 0.25) is 0 Å². The minimum atomic E-state index is 0.0808. The zero-order valence-corrected chi connectivity index (χ0v) is 15.2. The molecular weight excluding hydrogens is 328 g/mol. The number of hydrogen-bond donors (Lipinski definition) is 1. The Hall–Kier alpha value is -2.96. The van der Waals surface area contributed by atoms with Crippen LogP contribution >= 0.6 is 0 Å². The largest absolute Gasteiger partial charge is 0.342 e. The highest BCUT2D eigenvalue weighted by Gasteiger charge is 2.32. The molecule has 134 valence electrons. The van der Waals surface area contributed by atoms with E-state index >= 15 is 0 Å². The van der Waals surface area contributed by atoms with Crippen LogP contribution in [0.5, 0.6) is 0 Å². The Morgan fingerprint density at radius 2 is 2.12 bits per heavy atom. The molecule has 3 aromatic rings. The third-order valence-electron chi connectivity index (χ3n) is 5.05. The van der Waals surface area contributed by atoms with E-state index in [4.69, 9.17) is 0 Å². The predicted octanol–water partition coefficient (Wildman–Crippen LogP) is 2.34. The van der Waals surface area contributed by atoms with E-state index in [9.17, 15) is 4.79 Å². The van der Waals surface area contributed by atoms with Crippen LogP contribution in [0.25, 0.3) is 11.3 Å². The van der Waals surface area contributed by atoms with Crippen LogP contribution in [0.1, 0.15) is 35.2 Å². The minimum absolute atomic E-state index is 0.0808. The maximum absolute atomic E-state index is 12.4. The van der Waals surface area contributed by atoms with Crippen molar-refractivity contribution in [2.75, 3.05) is 6.54 Å². The van der Waals surface area contributed by atoms with Gasteiger partial charge in [0.25, 0.3) is 0 Å². The molecule has 1 aliphatic rings. The average Bonchev–Trinajstić information content (AvgIpc) is 3.29. The number of carbonyl (C=O) groups is 1. The first-order valence-corrected chi connectivity index (χ1v) is 8.76. The van der Waals surface area contributed by atoms with Crippen molar-refractivity contribution in [2.24, 2.45) is 7.05 Å². The summed E-state index contributed by atoms with van der Waals surface area (Å²) in [6, 6.07) is 5.77. The number of aryl methyl sites for hydroxylation is 2. The van der Waals surface area contributed by atoms with Gasteiger partial charge in [0.1, 0.15) is 5.82 Å². The number of imidazole rings is 1. The topological polar surface area (TPSA) is 79.7 Å². The highest BCUT2D eigenvalue weighted by molar-refractivity contribution is 5.79. The summed E-state index contributed by atoms with van der Waals surface area (Å²) >= 11 is 0. The molecule has 26 heavy (non-hydrogen) atoms. The maximum atomic E-state index is 12.4. The molecule has 1 saturated heterocycles. The fraction of sp³-hybridized carbons (Fsp3) is 0.368. The molecular formula is C19H22N6O. The van der Waals surface area contributed by atoms with Crippen LogP contribution in [0.4, 0.5) is 0 Å². The Balaban J connectivity index is 1.52. The van der Waals surface area contributed by atoms with Crippen LogP contribution in [0, 0.1) is 13.8 Å². The summed E-state index contributed by atoms with van der Waals surface area (Å²) in [6.07, 6.45) is 4.08. The number of H-pyrrole nitrogens is 1.